The highest BCUT2D eigenvalue weighted by Gasteiger charge is 2.11. The minimum Gasteiger partial charge on any atom is -0.478 e. The third-order valence-corrected chi connectivity index (χ3v) is 3.05. The van der Waals surface area contributed by atoms with Gasteiger partial charge in [-0.15, -0.1) is 0 Å². The van der Waals surface area contributed by atoms with Gasteiger partial charge >= 0.3 is 5.97 Å². The number of hydrogen-bond acceptors (Lipinski definition) is 4. The van der Waals surface area contributed by atoms with Crippen molar-refractivity contribution in [2.75, 3.05) is 17.6 Å². The predicted octanol–water partition coefficient (Wildman–Crippen LogP) is 1.89. The van der Waals surface area contributed by atoms with Gasteiger partial charge in [-0.1, -0.05) is 0 Å². The van der Waals surface area contributed by atoms with E-state index in [2.05, 4.69) is 10.4 Å². The van der Waals surface area contributed by atoms with E-state index in [4.69, 9.17) is 10.8 Å². The highest BCUT2D eigenvalue weighted by Crippen LogP contribution is 2.22. The number of nitrogens with one attached hydrogen (secondary N) is 1. The van der Waals surface area contributed by atoms with Crippen molar-refractivity contribution in [2.24, 2.45) is 0 Å². The summed E-state index contributed by atoms with van der Waals surface area (Å²) >= 11 is 0. The maximum absolute atomic E-state index is 11.1. The van der Waals surface area contributed by atoms with Crippen molar-refractivity contribution in [2.45, 2.75) is 20.4 Å². The lowest BCUT2D eigenvalue weighted by Crippen LogP contribution is -2.12. The maximum atomic E-state index is 11.1. The number of carbonyl (C=O) groups is 1. The molecule has 0 aliphatic heterocycles. The summed E-state index contributed by atoms with van der Waals surface area (Å²) in [6.07, 6.45) is 3.76. The Morgan fingerprint density at radius 2 is 2.20 bits per heavy atom. The highest BCUT2D eigenvalue weighted by molar-refractivity contribution is 5.95. The van der Waals surface area contributed by atoms with Crippen LogP contribution in [0, 0.1) is 13.8 Å². The molecule has 0 bridgehead atoms. The van der Waals surface area contributed by atoms with Gasteiger partial charge in [0.25, 0.3) is 0 Å². The van der Waals surface area contributed by atoms with E-state index in [-0.39, 0.29) is 5.56 Å². The van der Waals surface area contributed by atoms with Crippen LogP contribution in [0.5, 0.6) is 0 Å². The summed E-state index contributed by atoms with van der Waals surface area (Å²) in [5, 5.41) is 16.5. The smallest absolute Gasteiger partial charge is 0.337 e. The second-order valence-corrected chi connectivity index (χ2v) is 4.77. The van der Waals surface area contributed by atoms with Crippen molar-refractivity contribution >= 4 is 17.3 Å². The molecule has 1 aromatic heterocycles. The fraction of sp³-hybridized carbons (Fsp3) is 0.286. The highest BCUT2D eigenvalue weighted by atomic mass is 16.4. The predicted molar refractivity (Wildman–Crippen MR) is 78.0 cm³/mol. The van der Waals surface area contributed by atoms with Gasteiger partial charge in [0.2, 0.25) is 0 Å². The van der Waals surface area contributed by atoms with E-state index in [0.717, 1.165) is 16.8 Å². The molecule has 0 aliphatic rings. The maximum Gasteiger partial charge on any atom is 0.337 e. The fourth-order valence-corrected chi connectivity index (χ4v) is 1.98. The molecule has 0 amide bonds. The number of carboxylic acid groups (broad SMARTS) is 1. The molecule has 6 heteroatoms. The van der Waals surface area contributed by atoms with Gasteiger partial charge in [0.15, 0.2) is 0 Å². The van der Waals surface area contributed by atoms with Crippen LogP contribution in [-0.4, -0.2) is 27.4 Å². The van der Waals surface area contributed by atoms with E-state index in [0.29, 0.717) is 18.8 Å². The topological polar surface area (TPSA) is 93.2 Å². The third-order valence-electron chi connectivity index (χ3n) is 3.05. The van der Waals surface area contributed by atoms with Crippen LogP contribution >= 0.6 is 0 Å². The lowest BCUT2D eigenvalue weighted by atomic mass is 10.1. The Hall–Kier alpha value is -2.50. The van der Waals surface area contributed by atoms with Crippen LogP contribution in [0.1, 0.15) is 21.5 Å². The zero-order valence-electron chi connectivity index (χ0n) is 11.6. The molecule has 0 fully saturated rings. The quantitative estimate of drug-likeness (QED) is 0.724. The number of hydrogen-bond donors (Lipinski definition) is 3. The molecular weight excluding hydrogens is 256 g/mol. The Kier molecular flexibility index (Phi) is 3.93. The van der Waals surface area contributed by atoms with Crippen molar-refractivity contribution in [1.29, 1.82) is 0 Å². The monoisotopic (exact) mass is 274 g/mol. The average molecular weight is 274 g/mol. The van der Waals surface area contributed by atoms with Crippen molar-refractivity contribution < 1.29 is 9.90 Å². The summed E-state index contributed by atoms with van der Waals surface area (Å²) < 4.78 is 1.84. The Labute approximate surface area is 117 Å². The van der Waals surface area contributed by atoms with Gasteiger partial charge in [0, 0.05) is 24.1 Å². The van der Waals surface area contributed by atoms with Crippen LogP contribution < -0.4 is 11.1 Å². The summed E-state index contributed by atoms with van der Waals surface area (Å²) in [5.41, 5.74) is 8.80. The SMILES string of the molecule is Cc1cnn(CCNc2cc(C)c(N)c(C(=O)O)c2)c1. The minimum atomic E-state index is -1.02. The molecular formula is C14H18N4O2. The second-order valence-electron chi connectivity index (χ2n) is 4.77. The Morgan fingerprint density at radius 1 is 1.45 bits per heavy atom. The average Bonchev–Trinajstić information content (AvgIpc) is 2.79. The van der Waals surface area contributed by atoms with E-state index in [1.807, 2.05) is 23.9 Å². The molecule has 20 heavy (non-hydrogen) atoms. The summed E-state index contributed by atoms with van der Waals surface area (Å²) in [5.74, 6) is -1.02. The standard InChI is InChI=1S/C14H18N4O2/c1-9-7-17-18(8-9)4-3-16-11-5-10(2)13(15)12(6-11)14(19)20/h5-8,16H,3-4,15H2,1-2H3,(H,19,20). The molecule has 0 aliphatic carbocycles. The molecule has 1 heterocycles. The number of aryl methyl sites for hydroxylation is 2. The lowest BCUT2D eigenvalue weighted by Gasteiger charge is -2.11. The molecule has 4 N–H and O–H groups in total. The summed E-state index contributed by atoms with van der Waals surface area (Å²) in [7, 11) is 0. The second kappa shape index (κ2) is 5.64. The zero-order valence-corrected chi connectivity index (χ0v) is 11.6. The Balaban J connectivity index is 2.04. The number of nitrogens with two attached hydrogens (primary N) is 1. The van der Waals surface area contributed by atoms with Crippen molar-refractivity contribution in [3.05, 3.63) is 41.2 Å². The zero-order chi connectivity index (χ0) is 14.7. The van der Waals surface area contributed by atoms with Gasteiger partial charge in [-0.3, -0.25) is 4.68 Å². The van der Waals surface area contributed by atoms with Crippen LogP contribution in [0.25, 0.3) is 0 Å². The summed E-state index contributed by atoms with van der Waals surface area (Å²) in [6, 6.07) is 3.40. The fourth-order valence-electron chi connectivity index (χ4n) is 1.98. The van der Waals surface area contributed by atoms with Crippen molar-refractivity contribution in [3.8, 4) is 0 Å². The van der Waals surface area contributed by atoms with Gasteiger partial charge in [-0.05, 0) is 37.1 Å². The first kappa shape index (κ1) is 13.9. The molecule has 0 radical (unpaired) electrons. The first-order valence-corrected chi connectivity index (χ1v) is 6.33. The van der Waals surface area contributed by atoms with Gasteiger partial charge < -0.3 is 16.2 Å². The molecule has 1 aromatic carbocycles. The molecule has 0 spiro atoms. The molecule has 0 atom stereocenters. The van der Waals surface area contributed by atoms with Crippen molar-refractivity contribution in [3.63, 3.8) is 0 Å². The normalized spacial score (nSPS) is 10.5. The molecule has 0 saturated heterocycles. The number of nitrogen functional groups attached to an aromatic ring is 1. The van der Waals surface area contributed by atoms with E-state index in [1.165, 1.54) is 0 Å². The van der Waals surface area contributed by atoms with Crippen LogP contribution in [-0.2, 0) is 6.54 Å². The lowest BCUT2D eigenvalue weighted by molar-refractivity contribution is 0.0698. The number of benzene rings is 1. The van der Waals surface area contributed by atoms with E-state index in [1.54, 1.807) is 19.2 Å². The third kappa shape index (κ3) is 3.09. The molecule has 106 valence electrons. The van der Waals surface area contributed by atoms with Gasteiger partial charge in [0.1, 0.15) is 0 Å². The van der Waals surface area contributed by atoms with E-state index < -0.39 is 5.97 Å². The summed E-state index contributed by atoms with van der Waals surface area (Å²) in [4.78, 5) is 11.1. The van der Waals surface area contributed by atoms with Crippen LogP contribution in [0.3, 0.4) is 0 Å². The minimum absolute atomic E-state index is 0.127. The number of nitrogens with zero attached hydrogens (tertiary/aromatic N) is 2. The van der Waals surface area contributed by atoms with E-state index in [9.17, 15) is 4.79 Å². The largest absolute Gasteiger partial charge is 0.478 e. The number of carboxylic acids is 1. The Morgan fingerprint density at radius 3 is 2.80 bits per heavy atom. The molecule has 0 unspecified atom stereocenters. The van der Waals surface area contributed by atoms with Gasteiger partial charge in [-0.25, -0.2) is 4.79 Å². The number of rotatable bonds is 5. The molecule has 6 nitrogen and oxygen atoms in total. The molecule has 0 saturated carbocycles. The van der Waals surface area contributed by atoms with Crippen LogP contribution in [0.2, 0.25) is 0 Å². The first-order valence-electron chi connectivity index (χ1n) is 6.33. The number of aromatic nitrogens is 2. The van der Waals surface area contributed by atoms with Gasteiger partial charge in [-0.2, -0.15) is 5.10 Å². The number of anilines is 2. The molecule has 2 aromatic rings. The first-order chi connectivity index (χ1) is 9.47. The van der Waals surface area contributed by atoms with Crippen molar-refractivity contribution in [1.82, 2.24) is 9.78 Å². The summed E-state index contributed by atoms with van der Waals surface area (Å²) in [6.45, 7) is 5.15. The van der Waals surface area contributed by atoms with Crippen LogP contribution in [0.15, 0.2) is 24.5 Å². The van der Waals surface area contributed by atoms with Gasteiger partial charge in [0.05, 0.1) is 18.3 Å². The van der Waals surface area contributed by atoms with E-state index >= 15 is 0 Å². The Bertz CT molecular complexity index is 634. The molecule has 2 rings (SSSR count). The number of aromatic carboxylic acids is 1. The van der Waals surface area contributed by atoms with Crippen LogP contribution in [0.4, 0.5) is 11.4 Å².